The zero-order valence-corrected chi connectivity index (χ0v) is 16.1. The molecule has 3 aromatic carbocycles. The van der Waals surface area contributed by atoms with Gasteiger partial charge in [0.1, 0.15) is 5.75 Å². The van der Waals surface area contributed by atoms with Gasteiger partial charge in [-0.15, -0.1) is 0 Å². The van der Waals surface area contributed by atoms with E-state index in [1.807, 2.05) is 30.3 Å². The summed E-state index contributed by atoms with van der Waals surface area (Å²) in [5.41, 5.74) is 1.63. The summed E-state index contributed by atoms with van der Waals surface area (Å²) in [7, 11) is -2.29. The van der Waals surface area contributed by atoms with Gasteiger partial charge in [-0.1, -0.05) is 36.4 Å². The van der Waals surface area contributed by atoms with Crippen LogP contribution in [-0.4, -0.2) is 21.4 Å². The molecule has 2 N–H and O–H groups in total. The normalized spacial score (nSPS) is 10.9. The zero-order valence-electron chi connectivity index (χ0n) is 15.3. The zero-order chi connectivity index (χ0) is 20.0. The van der Waals surface area contributed by atoms with Crippen molar-refractivity contribution in [2.24, 2.45) is 0 Å². The first-order valence-electron chi connectivity index (χ1n) is 8.57. The summed E-state index contributed by atoms with van der Waals surface area (Å²) >= 11 is 0. The smallest absolute Gasteiger partial charge is 0.261 e. The Hall–Kier alpha value is -3.32. The first kappa shape index (κ1) is 19.4. The summed E-state index contributed by atoms with van der Waals surface area (Å²) in [6.07, 6.45) is 0. The SMILES string of the molecule is COc1ccc(NS(=O)(=O)c2cccc(C(=O)NCc3ccccc3)c2)cc1. The predicted octanol–water partition coefficient (Wildman–Crippen LogP) is 3.43. The van der Waals surface area contributed by atoms with E-state index in [9.17, 15) is 13.2 Å². The molecule has 6 nitrogen and oxygen atoms in total. The highest BCUT2D eigenvalue weighted by molar-refractivity contribution is 7.92. The maximum Gasteiger partial charge on any atom is 0.261 e. The second kappa shape index (κ2) is 8.58. The molecule has 144 valence electrons. The highest BCUT2D eigenvalue weighted by Crippen LogP contribution is 2.20. The molecule has 0 unspecified atom stereocenters. The summed E-state index contributed by atoms with van der Waals surface area (Å²) in [6, 6.07) is 21.9. The number of hydrogen-bond acceptors (Lipinski definition) is 4. The van der Waals surface area contributed by atoms with Gasteiger partial charge >= 0.3 is 0 Å². The number of nitrogens with one attached hydrogen (secondary N) is 2. The molecule has 0 spiro atoms. The van der Waals surface area contributed by atoms with Crippen molar-refractivity contribution in [1.82, 2.24) is 5.32 Å². The largest absolute Gasteiger partial charge is 0.497 e. The lowest BCUT2D eigenvalue weighted by Gasteiger charge is -2.10. The molecule has 3 rings (SSSR count). The van der Waals surface area contributed by atoms with Gasteiger partial charge in [0, 0.05) is 17.8 Å². The van der Waals surface area contributed by atoms with Crippen molar-refractivity contribution in [2.45, 2.75) is 11.4 Å². The third kappa shape index (κ3) is 4.89. The number of hydrogen-bond donors (Lipinski definition) is 2. The van der Waals surface area contributed by atoms with Gasteiger partial charge in [-0.25, -0.2) is 8.42 Å². The van der Waals surface area contributed by atoms with Crippen molar-refractivity contribution in [3.63, 3.8) is 0 Å². The van der Waals surface area contributed by atoms with Gasteiger partial charge in [-0.2, -0.15) is 0 Å². The van der Waals surface area contributed by atoms with Crippen LogP contribution in [0.5, 0.6) is 5.75 Å². The highest BCUT2D eigenvalue weighted by atomic mass is 32.2. The van der Waals surface area contributed by atoms with Gasteiger partial charge in [-0.3, -0.25) is 9.52 Å². The highest BCUT2D eigenvalue weighted by Gasteiger charge is 2.16. The van der Waals surface area contributed by atoms with Crippen LogP contribution in [-0.2, 0) is 16.6 Å². The van der Waals surface area contributed by atoms with Gasteiger partial charge in [-0.05, 0) is 48.0 Å². The minimum atomic E-state index is -3.83. The molecule has 0 atom stereocenters. The lowest BCUT2D eigenvalue weighted by atomic mass is 10.2. The second-order valence-electron chi connectivity index (χ2n) is 6.03. The quantitative estimate of drug-likeness (QED) is 0.641. The van der Waals surface area contributed by atoms with E-state index >= 15 is 0 Å². The topological polar surface area (TPSA) is 84.5 Å². The third-order valence-electron chi connectivity index (χ3n) is 4.04. The van der Waals surface area contributed by atoms with Crippen LogP contribution in [0.2, 0.25) is 0 Å². The molecule has 0 aliphatic heterocycles. The molecule has 0 heterocycles. The van der Waals surface area contributed by atoms with Gasteiger partial charge in [0.15, 0.2) is 0 Å². The van der Waals surface area contributed by atoms with Gasteiger partial charge in [0.2, 0.25) is 0 Å². The Labute approximate surface area is 164 Å². The Kier molecular flexibility index (Phi) is 5.96. The minimum Gasteiger partial charge on any atom is -0.497 e. The number of methoxy groups -OCH3 is 1. The number of carbonyl (C=O) groups is 1. The molecule has 0 saturated heterocycles. The maximum atomic E-state index is 12.6. The molecule has 0 aliphatic rings. The number of sulfonamides is 1. The molecule has 3 aromatic rings. The fourth-order valence-electron chi connectivity index (χ4n) is 2.56. The maximum absolute atomic E-state index is 12.6. The van der Waals surface area contributed by atoms with Crippen molar-refractivity contribution in [1.29, 1.82) is 0 Å². The van der Waals surface area contributed by atoms with E-state index in [1.165, 1.54) is 19.2 Å². The fraction of sp³-hybridized carbons (Fsp3) is 0.0952. The van der Waals surface area contributed by atoms with Crippen LogP contribution in [0, 0.1) is 0 Å². The Balaban J connectivity index is 1.72. The van der Waals surface area contributed by atoms with Crippen molar-refractivity contribution in [2.75, 3.05) is 11.8 Å². The number of ether oxygens (including phenoxy) is 1. The van der Waals surface area contributed by atoms with Crippen molar-refractivity contribution in [3.8, 4) is 5.75 Å². The van der Waals surface area contributed by atoms with Crippen molar-refractivity contribution in [3.05, 3.63) is 90.0 Å². The molecular weight excluding hydrogens is 376 g/mol. The van der Waals surface area contributed by atoms with Crippen molar-refractivity contribution >= 4 is 21.6 Å². The standard InChI is InChI=1S/C21H20N2O4S/c1-27-19-12-10-18(11-13-19)23-28(25,26)20-9-5-8-17(14-20)21(24)22-15-16-6-3-2-4-7-16/h2-14,23H,15H2,1H3,(H,22,24). The Morgan fingerprint density at radius 3 is 2.32 bits per heavy atom. The first-order valence-corrected chi connectivity index (χ1v) is 10.1. The summed E-state index contributed by atoms with van der Waals surface area (Å²) in [5, 5.41) is 2.79. The molecule has 28 heavy (non-hydrogen) atoms. The molecule has 0 aliphatic carbocycles. The van der Waals surface area contributed by atoms with Crippen LogP contribution in [0.1, 0.15) is 15.9 Å². The number of amides is 1. The van der Waals surface area contributed by atoms with Crippen LogP contribution >= 0.6 is 0 Å². The summed E-state index contributed by atoms with van der Waals surface area (Å²) in [5.74, 6) is 0.283. The molecule has 1 amide bonds. The lowest BCUT2D eigenvalue weighted by Crippen LogP contribution is -2.23. The molecule has 0 fully saturated rings. The average molecular weight is 396 g/mol. The van der Waals surface area contributed by atoms with E-state index in [2.05, 4.69) is 10.0 Å². The Bertz CT molecular complexity index is 1050. The van der Waals surface area contributed by atoms with E-state index in [0.717, 1.165) is 5.56 Å². The first-order chi connectivity index (χ1) is 13.5. The van der Waals surface area contributed by atoms with E-state index in [-0.39, 0.29) is 16.4 Å². The van der Waals surface area contributed by atoms with E-state index in [4.69, 9.17) is 4.74 Å². The van der Waals surface area contributed by atoms with Gasteiger partial charge < -0.3 is 10.1 Å². The third-order valence-corrected chi connectivity index (χ3v) is 5.42. The number of carbonyl (C=O) groups excluding carboxylic acids is 1. The number of benzene rings is 3. The predicted molar refractivity (Wildman–Crippen MR) is 108 cm³/mol. The monoisotopic (exact) mass is 396 g/mol. The summed E-state index contributed by atoms with van der Waals surface area (Å²) < 4.78 is 32.8. The summed E-state index contributed by atoms with van der Waals surface area (Å²) in [4.78, 5) is 12.4. The number of anilines is 1. The van der Waals surface area contributed by atoms with E-state index in [1.54, 1.807) is 36.4 Å². The van der Waals surface area contributed by atoms with Crippen LogP contribution in [0.3, 0.4) is 0 Å². The Morgan fingerprint density at radius 1 is 0.929 bits per heavy atom. The number of rotatable bonds is 7. The van der Waals surface area contributed by atoms with Crippen LogP contribution < -0.4 is 14.8 Å². The Morgan fingerprint density at radius 2 is 1.64 bits per heavy atom. The van der Waals surface area contributed by atoms with Crippen LogP contribution in [0.25, 0.3) is 0 Å². The van der Waals surface area contributed by atoms with Gasteiger partial charge in [0.05, 0.1) is 12.0 Å². The van der Waals surface area contributed by atoms with Gasteiger partial charge in [0.25, 0.3) is 15.9 Å². The van der Waals surface area contributed by atoms with Crippen molar-refractivity contribution < 1.29 is 17.9 Å². The van der Waals surface area contributed by atoms with E-state index in [0.29, 0.717) is 18.0 Å². The molecule has 0 radical (unpaired) electrons. The summed E-state index contributed by atoms with van der Waals surface area (Å²) in [6.45, 7) is 0.362. The molecular formula is C21H20N2O4S. The van der Waals surface area contributed by atoms with E-state index < -0.39 is 10.0 Å². The van der Waals surface area contributed by atoms with Crippen LogP contribution in [0.15, 0.2) is 83.8 Å². The second-order valence-corrected chi connectivity index (χ2v) is 7.71. The van der Waals surface area contributed by atoms with Crippen LogP contribution in [0.4, 0.5) is 5.69 Å². The average Bonchev–Trinajstić information content (AvgIpc) is 2.73. The molecule has 0 aromatic heterocycles. The fourth-order valence-corrected chi connectivity index (χ4v) is 3.66. The molecule has 0 saturated carbocycles. The lowest BCUT2D eigenvalue weighted by molar-refractivity contribution is 0.0950. The minimum absolute atomic E-state index is 0.00989. The molecule has 7 heteroatoms. The molecule has 0 bridgehead atoms.